The van der Waals surface area contributed by atoms with Gasteiger partial charge in [0.05, 0.1) is 5.56 Å². The summed E-state index contributed by atoms with van der Waals surface area (Å²) in [5, 5.41) is 12.2. The summed E-state index contributed by atoms with van der Waals surface area (Å²) < 4.78 is 0. The molecule has 5 heteroatoms. The van der Waals surface area contributed by atoms with Gasteiger partial charge >= 0.3 is 5.97 Å². The molecule has 1 unspecified atom stereocenters. The fraction of sp³-hybridized carbons (Fsp3) is 0.462. The van der Waals surface area contributed by atoms with Crippen LogP contribution < -0.4 is 11.1 Å². The number of rotatable bonds is 4. The van der Waals surface area contributed by atoms with Crippen molar-refractivity contribution in [2.24, 2.45) is 0 Å². The van der Waals surface area contributed by atoms with Crippen molar-refractivity contribution in [3.63, 3.8) is 0 Å². The van der Waals surface area contributed by atoms with Gasteiger partial charge in [-0.1, -0.05) is 0 Å². The topological polar surface area (TPSA) is 78.6 Å². The maximum atomic E-state index is 10.8. The zero-order valence-electron chi connectivity index (χ0n) is 10.5. The highest BCUT2D eigenvalue weighted by atomic mass is 16.4. The van der Waals surface area contributed by atoms with E-state index in [-0.39, 0.29) is 5.56 Å². The van der Waals surface area contributed by atoms with Crippen molar-refractivity contribution < 1.29 is 9.90 Å². The molecule has 1 fully saturated rings. The number of anilines is 2. The molecule has 1 saturated heterocycles. The number of nitrogens with zero attached hydrogens (tertiary/aromatic N) is 1. The number of benzene rings is 1. The standard InChI is InChI=1S/C13H19N3O2/c1-16-6-2-3-10(16)8-15-9-4-5-11(13(17)18)12(14)7-9/h4-5,7,10,15H,2-3,6,8,14H2,1H3,(H,17,18). The molecule has 1 heterocycles. The van der Waals surface area contributed by atoms with E-state index in [1.807, 2.05) is 0 Å². The Labute approximate surface area is 107 Å². The third-order valence-electron chi connectivity index (χ3n) is 3.50. The minimum atomic E-state index is -0.991. The van der Waals surface area contributed by atoms with Crippen LogP contribution in [0.5, 0.6) is 0 Å². The third-order valence-corrected chi connectivity index (χ3v) is 3.50. The van der Waals surface area contributed by atoms with E-state index in [0.717, 1.165) is 18.8 Å². The van der Waals surface area contributed by atoms with E-state index in [0.29, 0.717) is 11.7 Å². The summed E-state index contributed by atoms with van der Waals surface area (Å²) >= 11 is 0. The first-order valence-corrected chi connectivity index (χ1v) is 6.15. The largest absolute Gasteiger partial charge is 0.478 e. The molecule has 4 N–H and O–H groups in total. The molecule has 0 aromatic heterocycles. The van der Waals surface area contributed by atoms with E-state index >= 15 is 0 Å². The molecule has 5 nitrogen and oxygen atoms in total. The van der Waals surface area contributed by atoms with Crippen LogP contribution >= 0.6 is 0 Å². The number of nitrogens with one attached hydrogen (secondary N) is 1. The fourth-order valence-electron chi connectivity index (χ4n) is 2.34. The second kappa shape index (κ2) is 5.27. The molecule has 2 rings (SSSR count). The zero-order valence-corrected chi connectivity index (χ0v) is 10.5. The van der Waals surface area contributed by atoms with Crippen LogP contribution in [0.25, 0.3) is 0 Å². The molecule has 1 aliphatic heterocycles. The maximum Gasteiger partial charge on any atom is 0.337 e. The van der Waals surface area contributed by atoms with Gasteiger partial charge in [-0.15, -0.1) is 0 Å². The Balaban J connectivity index is 1.98. The van der Waals surface area contributed by atoms with E-state index < -0.39 is 5.97 Å². The first kappa shape index (κ1) is 12.7. The van der Waals surface area contributed by atoms with Crippen molar-refractivity contribution >= 4 is 17.3 Å². The van der Waals surface area contributed by atoms with E-state index in [1.165, 1.54) is 12.8 Å². The lowest BCUT2D eigenvalue weighted by Gasteiger charge is -2.20. The van der Waals surface area contributed by atoms with Crippen LogP contribution in [0.1, 0.15) is 23.2 Å². The highest BCUT2D eigenvalue weighted by Gasteiger charge is 2.20. The number of carbonyl (C=O) groups is 1. The van der Waals surface area contributed by atoms with Crippen molar-refractivity contribution in [2.45, 2.75) is 18.9 Å². The summed E-state index contributed by atoms with van der Waals surface area (Å²) in [6.07, 6.45) is 2.44. The molecule has 1 atom stereocenters. The first-order chi connectivity index (χ1) is 8.58. The molecule has 1 aromatic carbocycles. The van der Waals surface area contributed by atoms with E-state index in [2.05, 4.69) is 17.3 Å². The molecule has 0 saturated carbocycles. The van der Waals surface area contributed by atoms with Gasteiger partial charge in [-0.2, -0.15) is 0 Å². The van der Waals surface area contributed by atoms with Gasteiger partial charge in [0, 0.05) is 24.0 Å². The van der Waals surface area contributed by atoms with Crippen LogP contribution in [0.4, 0.5) is 11.4 Å². The van der Waals surface area contributed by atoms with E-state index in [9.17, 15) is 4.79 Å². The molecular weight excluding hydrogens is 230 g/mol. The minimum absolute atomic E-state index is 0.151. The lowest BCUT2D eigenvalue weighted by molar-refractivity contribution is 0.0698. The number of nitrogen functional groups attached to an aromatic ring is 1. The summed E-state index contributed by atoms with van der Waals surface area (Å²) in [5.74, 6) is -0.991. The lowest BCUT2D eigenvalue weighted by atomic mass is 10.1. The number of aromatic carboxylic acids is 1. The maximum absolute atomic E-state index is 10.8. The van der Waals surface area contributed by atoms with Crippen LogP contribution in [0.15, 0.2) is 18.2 Å². The summed E-state index contributed by atoms with van der Waals surface area (Å²) in [6.45, 7) is 2.01. The van der Waals surface area contributed by atoms with Crippen molar-refractivity contribution in [2.75, 3.05) is 31.2 Å². The van der Waals surface area contributed by atoms with Gasteiger partial charge in [0.15, 0.2) is 0 Å². The Morgan fingerprint density at radius 2 is 2.39 bits per heavy atom. The summed E-state index contributed by atoms with van der Waals surface area (Å²) in [7, 11) is 2.13. The van der Waals surface area contributed by atoms with Gasteiger partial charge in [-0.25, -0.2) is 4.79 Å². The molecule has 0 aliphatic carbocycles. The van der Waals surface area contributed by atoms with Crippen LogP contribution in [-0.2, 0) is 0 Å². The summed E-state index contributed by atoms with van der Waals surface area (Å²) in [5.41, 5.74) is 7.02. The molecule has 0 spiro atoms. The smallest absolute Gasteiger partial charge is 0.337 e. The van der Waals surface area contributed by atoms with Crippen LogP contribution in [0.3, 0.4) is 0 Å². The quantitative estimate of drug-likeness (QED) is 0.704. The molecular formula is C13H19N3O2. The highest BCUT2D eigenvalue weighted by molar-refractivity contribution is 5.94. The summed E-state index contributed by atoms with van der Waals surface area (Å²) in [4.78, 5) is 13.2. The average Bonchev–Trinajstić information content (AvgIpc) is 2.72. The molecule has 0 radical (unpaired) electrons. The minimum Gasteiger partial charge on any atom is -0.478 e. The van der Waals surface area contributed by atoms with Crippen LogP contribution in [-0.4, -0.2) is 42.2 Å². The summed E-state index contributed by atoms with van der Waals surface area (Å²) in [6, 6.07) is 5.52. The van der Waals surface area contributed by atoms with E-state index in [1.54, 1.807) is 18.2 Å². The molecule has 98 valence electrons. The number of likely N-dealkylation sites (N-methyl/N-ethyl adjacent to an activating group) is 1. The van der Waals surface area contributed by atoms with Crippen LogP contribution in [0.2, 0.25) is 0 Å². The molecule has 0 amide bonds. The molecule has 1 aromatic rings. The monoisotopic (exact) mass is 249 g/mol. The highest BCUT2D eigenvalue weighted by Crippen LogP contribution is 2.20. The number of nitrogens with two attached hydrogens (primary N) is 1. The Morgan fingerprint density at radius 3 is 2.94 bits per heavy atom. The Kier molecular flexibility index (Phi) is 3.72. The predicted molar refractivity (Wildman–Crippen MR) is 72.0 cm³/mol. The van der Waals surface area contributed by atoms with Gasteiger partial charge in [0.1, 0.15) is 0 Å². The normalized spacial score (nSPS) is 19.9. The number of carboxylic acid groups (broad SMARTS) is 1. The van der Waals surface area contributed by atoms with Crippen molar-refractivity contribution in [1.29, 1.82) is 0 Å². The van der Waals surface area contributed by atoms with Gasteiger partial charge in [-0.3, -0.25) is 0 Å². The Hall–Kier alpha value is -1.75. The van der Waals surface area contributed by atoms with E-state index in [4.69, 9.17) is 10.8 Å². The van der Waals surface area contributed by atoms with Crippen molar-refractivity contribution in [1.82, 2.24) is 4.90 Å². The number of likely N-dealkylation sites (tertiary alicyclic amines) is 1. The lowest BCUT2D eigenvalue weighted by Crippen LogP contribution is -2.31. The second-order valence-corrected chi connectivity index (χ2v) is 4.76. The van der Waals surface area contributed by atoms with Crippen LogP contribution in [0, 0.1) is 0 Å². The Bertz CT molecular complexity index is 448. The average molecular weight is 249 g/mol. The number of hydrogen-bond acceptors (Lipinski definition) is 4. The number of hydrogen-bond donors (Lipinski definition) is 3. The van der Waals surface area contributed by atoms with Crippen molar-refractivity contribution in [3.8, 4) is 0 Å². The predicted octanol–water partition coefficient (Wildman–Crippen LogP) is 1.47. The van der Waals surface area contributed by atoms with Gasteiger partial charge in [0.25, 0.3) is 0 Å². The number of carboxylic acids is 1. The zero-order chi connectivity index (χ0) is 13.1. The molecule has 1 aliphatic rings. The second-order valence-electron chi connectivity index (χ2n) is 4.76. The first-order valence-electron chi connectivity index (χ1n) is 6.15. The Morgan fingerprint density at radius 1 is 1.61 bits per heavy atom. The van der Waals surface area contributed by atoms with Gasteiger partial charge < -0.3 is 21.1 Å². The third kappa shape index (κ3) is 2.73. The van der Waals surface area contributed by atoms with Gasteiger partial charge in [0.2, 0.25) is 0 Å². The molecule has 0 bridgehead atoms. The fourth-order valence-corrected chi connectivity index (χ4v) is 2.34. The SMILES string of the molecule is CN1CCCC1CNc1ccc(C(=O)O)c(N)c1. The van der Waals surface area contributed by atoms with Crippen molar-refractivity contribution in [3.05, 3.63) is 23.8 Å². The molecule has 18 heavy (non-hydrogen) atoms. The van der Waals surface area contributed by atoms with Gasteiger partial charge in [-0.05, 0) is 44.6 Å².